The molecule has 0 amide bonds. The first kappa shape index (κ1) is 12.3. The number of rotatable bonds is 5. The number of aromatic nitrogens is 2. The van der Waals surface area contributed by atoms with Gasteiger partial charge in [0.1, 0.15) is 12.4 Å². The van der Waals surface area contributed by atoms with Crippen molar-refractivity contribution >= 4 is 11.0 Å². The summed E-state index contributed by atoms with van der Waals surface area (Å²) in [6, 6.07) is 3.81. The average Bonchev–Trinajstić information content (AvgIpc) is 2.98. The number of methoxy groups -OCH3 is 1. The van der Waals surface area contributed by atoms with Gasteiger partial charge in [-0.05, 0) is 6.42 Å². The molecule has 1 aromatic carbocycles. The normalized spacial score (nSPS) is 13.4. The van der Waals surface area contributed by atoms with Crippen molar-refractivity contribution in [1.29, 1.82) is 0 Å². The second-order valence-electron chi connectivity index (χ2n) is 4.38. The molecule has 1 aliphatic heterocycles. The van der Waals surface area contributed by atoms with Gasteiger partial charge in [-0.25, -0.2) is 4.98 Å². The Morgan fingerprint density at radius 3 is 2.89 bits per heavy atom. The van der Waals surface area contributed by atoms with Crippen LogP contribution in [0.25, 0.3) is 11.0 Å². The molecule has 2 heterocycles. The molecule has 0 spiro atoms. The molecule has 6 heteroatoms. The lowest BCUT2D eigenvalue weighted by atomic mass is 10.2. The Balaban J connectivity index is 2.09. The van der Waals surface area contributed by atoms with E-state index in [0.29, 0.717) is 19.6 Å². The van der Waals surface area contributed by atoms with Gasteiger partial charge in [-0.3, -0.25) is 0 Å². The number of hydrogen-bond acceptors (Lipinski definition) is 5. The van der Waals surface area contributed by atoms with Crippen molar-refractivity contribution in [2.75, 3.05) is 20.5 Å². The molecule has 19 heavy (non-hydrogen) atoms. The molecule has 1 N–H and O–H groups in total. The Kier molecular flexibility index (Phi) is 3.27. The Morgan fingerprint density at radius 1 is 1.37 bits per heavy atom. The minimum absolute atomic E-state index is 0.149. The molecular formula is C13H16N2O4. The summed E-state index contributed by atoms with van der Waals surface area (Å²) in [5.74, 6) is 2.31. The summed E-state index contributed by atoms with van der Waals surface area (Å²) in [5, 5.41) is 9.00. The smallest absolute Gasteiger partial charge is 0.231 e. The zero-order valence-electron chi connectivity index (χ0n) is 10.8. The summed E-state index contributed by atoms with van der Waals surface area (Å²) in [5.41, 5.74) is 1.83. The first-order valence-electron chi connectivity index (χ1n) is 6.22. The van der Waals surface area contributed by atoms with E-state index in [-0.39, 0.29) is 13.4 Å². The third-order valence-corrected chi connectivity index (χ3v) is 3.13. The average molecular weight is 264 g/mol. The van der Waals surface area contributed by atoms with Gasteiger partial charge in [-0.15, -0.1) is 0 Å². The Morgan fingerprint density at radius 2 is 2.16 bits per heavy atom. The maximum absolute atomic E-state index is 9.00. The van der Waals surface area contributed by atoms with Gasteiger partial charge in [0, 0.05) is 32.4 Å². The van der Waals surface area contributed by atoms with Gasteiger partial charge in [0.15, 0.2) is 11.5 Å². The highest BCUT2D eigenvalue weighted by molar-refractivity contribution is 5.81. The second kappa shape index (κ2) is 5.07. The van der Waals surface area contributed by atoms with Crippen LogP contribution in [0.4, 0.5) is 0 Å². The lowest BCUT2D eigenvalue weighted by molar-refractivity contribution is 0.173. The number of aliphatic hydroxyl groups is 1. The summed E-state index contributed by atoms with van der Waals surface area (Å²) in [7, 11) is 1.64. The lowest BCUT2D eigenvalue weighted by Crippen LogP contribution is -2.06. The van der Waals surface area contributed by atoms with E-state index >= 15 is 0 Å². The predicted octanol–water partition coefficient (Wildman–Crippen LogP) is 1.29. The number of imidazole rings is 1. The topological polar surface area (TPSA) is 65.7 Å². The van der Waals surface area contributed by atoms with Gasteiger partial charge in [0.2, 0.25) is 6.79 Å². The number of benzene rings is 1. The van der Waals surface area contributed by atoms with Gasteiger partial charge in [0.25, 0.3) is 0 Å². The minimum Gasteiger partial charge on any atom is -0.454 e. The van der Waals surface area contributed by atoms with E-state index in [4.69, 9.17) is 19.3 Å². The van der Waals surface area contributed by atoms with E-state index < -0.39 is 0 Å². The maximum Gasteiger partial charge on any atom is 0.231 e. The molecule has 0 saturated heterocycles. The van der Waals surface area contributed by atoms with Crippen molar-refractivity contribution in [2.45, 2.75) is 19.6 Å². The fourth-order valence-electron chi connectivity index (χ4n) is 2.28. The highest BCUT2D eigenvalue weighted by atomic mass is 16.7. The van der Waals surface area contributed by atoms with Crippen LogP contribution in [0.5, 0.6) is 11.5 Å². The Bertz CT molecular complexity index is 594. The lowest BCUT2D eigenvalue weighted by Gasteiger charge is -2.07. The van der Waals surface area contributed by atoms with Crippen molar-refractivity contribution in [1.82, 2.24) is 9.55 Å². The van der Waals surface area contributed by atoms with Gasteiger partial charge in [-0.2, -0.15) is 0 Å². The number of ether oxygens (including phenoxy) is 3. The predicted molar refractivity (Wildman–Crippen MR) is 68.3 cm³/mol. The summed E-state index contributed by atoms with van der Waals surface area (Å²) in [4.78, 5) is 4.55. The maximum atomic E-state index is 9.00. The summed E-state index contributed by atoms with van der Waals surface area (Å²) in [6.07, 6.45) is 0.677. The molecule has 0 fully saturated rings. The molecule has 0 aliphatic carbocycles. The number of nitrogens with zero attached hydrogens (tertiary/aromatic N) is 2. The van der Waals surface area contributed by atoms with Gasteiger partial charge >= 0.3 is 0 Å². The number of aliphatic hydroxyl groups excluding tert-OH is 1. The van der Waals surface area contributed by atoms with E-state index in [1.807, 2.05) is 12.1 Å². The zero-order valence-corrected chi connectivity index (χ0v) is 10.8. The SMILES string of the molecule is COCc1nc2cc3c(cc2n1CCCO)OCO3. The fraction of sp³-hybridized carbons (Fsp3) is 0.462. The monoisotopic (exact) mass is 264 g/mol. The summed E-state index contributed by atoms with van der Waals surface area (Å²) in [6.45, 7) is 1.54. The van der Waals surface area contributed by atoms with E-state index in [2.05, 4.69) is 9.55 Å². The minimum atomic E-state index is 0.149. The largest absolute Gasteiger partial charge is 0.454 e. The van der Waals surface area contributed by atoms with Crippen LogP contribution in [-0.2, 0) is 17.9 Å². The van der Waals surface area contributed by atoms with E-state index in [1.54, 1.807) is 7.11 Å². The Hall–Kier alpha value is -1.79. The number of fused-ring (bicyclic) bond motifs is 2. The van der Waals surface area contributed by atoms with Crippen LogP contribution in [0, 0.1) is 0 Å². The molecule has 3 rings (SSSR count). The highest BCUT2D eigenvalue weighted by Gasteiger charge is 2.18. The van der Waals surface area contributed by atoms with Crippen molar-refractivity contribution < 1.29 is 19.3 Å². The van der Waals surface area contributed by atoms with E-state index in [1.165, 1.54) is 0 Å². The summed E-state index contributed by atoms with van der Waals surface area (Å²) >= 11 is 0. The molecule has 0 saturated carbocycles. The van der Waals surface area contributed by atoms with Crippen LogP contribution in [-0.4, -0.2) is 35.2 Å². The number of hydrogen-bond donors (Lipinski definition) is 1. The van der Waals surface area contributed by atoms with Gasteiger partial charge < -0.3 is 23.9 Å². The van der Waals surface area contributed by atoms with Crippen LogP contribution in [0.2, 0.25) is 0 Å². The fourth-order valence-corrected chi connectivity index (χ4v) is 2.28. The third-order valence-electron chi connectivity index (χ3n) is 3.13. The van der Waals surface area contributed by atoms with Crippen molar-refractivity contribution in [3.63, 3.8) is 0 Å². The molecule has 102 valence electrons. The molecule has 1 aliphatic rings. The molecule has 6 nitrogen and oxygen atoms in total. The van der Waals surface area contributed by atoms with Gasteiger partial charge in [0.05, 0.1) is 11.0 Å². The molecule has 0 unspecified atom stereocenters. The number of aryl methyl sites for hydroxylation is 1. The molecule has 2 aromatic rings. The van der Waals surface area contributed by atoms with Crippen LogP contribution in [0.3, 0.4) is 0 Å². The Labute approximate surface area is 110 Å². The first-order chi connectivity index (χ1) is 9.33. The summed E-state index contributed by atoms with van der Waals surface area (Å²) < 4.78 is 18.0. The zero-order chi connectivity index (χ0) is 13.2. The van der Waals surface area contributed by atoms with Crippen molar-refractivity contribution in [3.8, 4) is 11.5 Å². The van der Waals surface area contributed by atoms with Crippen LogP contribution in [0.1, 0.15) is 12.2 Å². The van der Waals surface area contributed by atoms with Crippen LogP contribution in [0.15, 0.2) is 12.1 Å². The highest BCUT2D eigenvalue weighted by Crippen LogP contribution is 2.36. The molecule has 0 atom stereocenters. The molecule has 0 bridgehead atoms. The quantitative estimate of drug-likeness (QED) is 0.881. The van der Waals surface area contributed by atoms with Crippen LogP contribution < -0.4 is 9.47 Å². The molecule has 1 aromatic heterocycles. The molecule has 0 radical (unpaired) electrons. The van der Waals surface area contributed by atoms with Gasteiger partial charge in [-0.1, -0.05) is 0 Å². The first-order valence-corrected chi connectivity index (χ1v) is 6.22. The molecular weight excluding hydrogens is 248 g/mol. The van der Waals surface area contributed by atoms with Crippen molar-refractivity contribution in [3.05, 3.63) is 18.0 Å². The third kappa shape index (κ3) is 2.13. The standard InChI is InChI=1S/C13H16N2O4/c1-17-7-13-14-9-5-11-12(19-8-18-11)6-10(9)15(13)3-2-4-16/h5-6,16H,2-4,7-8H2,1H3. The van der Waals surface area contributed by atoms with Crippen molar-refractivity contribution in [2.24, 2.45) is 0 Å². The van der Waals surface area contributed by atoms with Crippen LogP contribution >= 0.6 is 0 Å². The second-order valence-corrected chi connectivity index (χ2v) is 4.38. The van der Waals surface area contributed by atoms with E-state index in [0.717, 1.165) is 28.4 Å². The van der Waals surface area contributed by atoms with E-state index in [9.17, 15) is 0 Å².